The van der Waals surface area contributed by atoms with Crippen LogP contribution in [0.15, 0.2) is 80.8 Å². The van der Waals surface area contributed by atoms with Gasteiger partial charge in [0.15, 0.2) is 17.1 Å². The van der Waals surface area contributed by atoms with Gasteiger partial charge in [0.05, 0.1) is 5.69 Å². The number of aromatic hydroxyl groups is 1. The number of nitrogens with zero attached hydrogens (tertiary/aromatic N) is 3. The van der Waals surface area contributed by atoms with Gasteiger partial charge in [0.2, 0.25) is 10.8 Å². The fraction of sp³-hybridized carbons (Fsp3) is 0. The summed E-state index contributed by atoms with van der Waals surface area (Å²) in [6.45, 7) is 0. The highest BCUT2D eigenvalue weighted by Crippen LogP contribution is 2.22. The van der Waals surface area contributed by atoms with E-state index in [9.17, 15) is 9.90 Å². The van der Waals surface area contributed by atoms with E-state index in [2.05, 4.69) is 15.3 Å². The Bertz CT molecular complexity index is 880. The first kappa shape index (κ1) is 13.8. The first-order valence-corrected chi connectivity index (χ1v) is 6.67. The van der Waals surface area contributed by atoms with Crippen LogP contribution < -0.4 is 16.2 Å². The Morgan fingerprint density at radius 2 is 1.50 bits per heavy atom. The second-order valence-electron chi connectivity index (χ2n) is 4.58. The van der Waals surface area contributed by atoms with Crippen LogP contribution >= 0.6 is 0 Å². The molecule has 0 aliphatic rings. The van der Waals surface area contributed by atoms with Gasteiger partial charge in [-0.15, -0.1) is 5.11 Å². The summed E-state index contributed by atoms with van der Waals surface area (Å²) in [5, 5.41) is 21.5. The van der Waals surface area contributed by atoms with Crippen molar-refractivity contribution < 1.29 is 10.5 Å². The Hall–Kier alpha value is -3.12. The Morgan fingerprint density at radius 3 is 2.14 bits per heavy atom. The molecule has 0 aliphatic carbocycles. The molecule has 0 unspecified atom stereocenters. The topological polar surface area (TPSA) is 91.0 Å². The average molecular weight is 293 g/mol. The minimum absolute atomic E-state index is 0.00543. The van der Waals surface area contributed by atoms with E-state index in [0.29, 0.717) is 5.69 Å². The molecule has 0 saturated carbocycles. The van der Waals surface area contributed by atoms with Crippen LogP contribution in [0, 0.1) is 0 Å². The third kappa shape index (κ3) is 2.82. The SMILES string of the molecule is O=c1c(N=Nc2ccccc2)c(O)/c1=N\[NH2+]c1ccccc1. The van der Waals surface area contributed by atoms with Gasteiger partial charge in [0, 0.05) is 12.1 Å². The molecule has 3 aromatic rings. The van der Waals surface area contributed by atoms with E-state index in [4.69, 9.17) is 0 Å². The molecule has 3 aromatic carbocycles. The number of rotatable bonds is 4. The van der Waals surface area contributed by atoms with Crippen LogP contribution in [0.2, 0.25) is 0 Å². The van der Waals surface area contributed by atoms with E-state index in [1.54, 1.807) is 12.1 Å². The highest BCUT2D eigenvalue weighted by Gasteiger charge is 2.19. The van der Waals surface area contributed by atoms with E-state index >= 15 is 0 Å². The summed E-state index contributed by atoms with van der Waals surface area (Å²) < 4.78 is 0. The van der Waals surface area contributed by atoms with E-state index in [-0.39, 0.29) is 16.8 Å². The second kappa shape index (κ2) is 6.11. The van der Waals surface area contributed by atoms with Crippen LogP contribution in [0.3, 0.4) is 0 Å². The van der Waals surface area contributed by atoms with E-state index < -0.39 is 5.43 Å². The zero-order chi connectivity index (χ0) is 15.4. The molecule has 0 aliphatic heterocycles. The van der Waals surface area contributed by atoms with Gasteiger partial charge in [-0.05, 0) is 12.1 Å². The van der Waals surface area contributed by atoms with Crippen LogP contribution in [0.5, 0.6) is 5.75 Å². The molecular formula is C16H13N4O2+. The summed E-state index contributed by atoms with van der Waals surface area (Å²) in [5.74, 6) is -0.225. The Labute approximate surface area is 125 Å². The number of hydrogen-bond acceptors (Lipinski definition) is 5. The lowest BCUT2D eigenvalue weighted by molar-refractivity contribution is -0.582. The van der Waals surface area contributed by atoms with Gasteiger partial charge in [0.25, 0.3) is 0 Å². The summed E-state index contributed by atoms with van der Waals surface area (Å²) >= 11 is 0. The molecule has 0 atom stereocenters. The highest BCUT2D eigenvalue weighted by atomic mass is 16.3. The molecule has 0 heterocycles. The van der Waals surface area contributed by atoms with Crippen molar-refractivity contribution in [1.82, 2.24) is 0 Å². The summed E-state index contributed by atoms with van der Waals surface area (Å²) in [6, 6.07) is 18.3. The maximum absolute atomic E-state index is 11.9. The smallest absolute Gasteiger partial charge is 0.244 e. The van der Waals surface area contributed by atoms with Crippen LogP contribution in [-0.4, -0.2) is 5.11 Å². The van der Waals surface area contributed by atoms with Crippen molar-refractivity contribution in [3.63, 3.8) is 0 Å². The standard InChI is InChI=1S/C16H12N4O2/c21-15-13(19-17-11-7-3-1-4-8-11)16(22)14(15)20-18-12-9-5-2-6-10-12/h1-10,17,21H/p+1/b19-13+,20-18?. The molecule has 6 nitrogen and oxygen atoms in total. The number of nitrogens with two attached hydrogens (primary N) is 1. The Morgan fingerprint density at radius 1 is 0.864 bits per heavy atom. The zero-order valence-corrected chi connectivity index (χ0v) is 11.5. The molecule has 0 saturated heterocycles. The van der Waals surface area contributed by atoms with Gasteiger partial charge >= 0.3 is 0 Å². The predicted molar refractivity (Wildman–Crippen MR) is 81.0 cm³/mol. The fourth-order valence-corrected chi connectivity index (χ4v) is 1.87. The maximum Gasteiger partial charge on any atom is 0.244 e. The number of benzene rings is 2. The number of quaternary nitrogens is 1. The van der Waals surface area contributed by atoms with Gasteiger partial charge in [-0.3, -0.25) is 4.79 Å². The molecule has 0 radical (unpaired) electrons. The quantitative estimate of drug-likeness (QED) is 0.332. The minimum Gasteiger partial charge on any atom is -0.503 e. The molecule has 6 heteroatoms. The highest BCUT2D eigenvalue weighted by molar-refractivity contribution is 5.55. The molecule has 3 N–H and O–H groups in total. The van der Waals surface area contributed by atoms with Gasteiger partial charge in [-0.25, -0.2) is 0 Å². The lowest BCUT2D eigenvalue weighted by Gasteiger charge is -2.00. The summed E-state index contributed by atoms with van der Waals surface area (Å²) in [5.41, 5.74) is 2.49. The summed E-state index contributed by atoms with van der Waals surface area (Å²) in [7, 11) is 0. The first-order valence-electron chi connectivity index (χ1n) is 6.67. The number of hydrogen-bond donors (Lipinski definition) is 2. The normalized spacial score (nSPS) is 12.3. The maximum atomic E-state index is 11.9. The van der Waals surface area contributed by atoms with Crippen molar-refractivity contribution in [2.24, 2.45) is 15.3 Å². The third-order valence-corrected chi connectivity index (χ3v) is 3.04. The summed E-state index contributed by atoms with van der Waals surface area (Å²) in [6.07, 6.45) is 0. The first-order chi connectivity index (χ1) is 10.8. The molecule has 0 bridgehead atoms. The fourth-order valence-electron chi connectivity index (χ4n) is 1.87. The lowest BCUT2D eigenvalue weighted by Crippen LogP contribution is -2.73. The second-order valence-corrected chi connectivity index (χ2v) is 4.58. The van der Waals surface area contributed by atoms with Crippen LogP contribution in [0.1, 0.15) is 0 Å². The molecule has 0 spiro atoms. The predicted octanol–water partition coefficient (Wildman–Crippen LogP) is 1.75. The van der Waals surface area contributed by atoms with E-state index in [1.165, 1.54) is 5.43 Å². The van der Waals surface area contributed by atoms with Crippen LogP contribution in [0.25, 0.3) is 0 Å². The monoisotopic (exact) mass is 293 g/mol. The van der Waals surface area contributed by atoms with E-state index in [0.717, 1.165) is 5.69 Å². The average Bonchev–Trinajstić information content (AvgIpc) is 2.57. The Kier molecular flexibility index (Phi) is 3.84. The van der Waals surface area contributed by atoms with Gasteiger partial charge in [-0.1, -0.05) is 41.5 Å². The third-order valence-electron chi connectivity index (χ3n) is 3.04. The molecule has 0 aromatic heterocycles. The molecule has 0 fully saturated rings. The van der Waals surface area contributed by atoms with E-state index in [1.807, 2.05) is 48.5 Å². The minimum atomic E-state index is -0.413. The van der Waals surface area contributed by atoms with Gasteiger partial charge in [0.1, 0.15) is 0 Å². The van der Waals surface area contributed by atoms with Crippen LogP contribution in [-0.2, 0) is 0 Å². The molecule has 0 amide bonds. The van der Waals surface area contributed by atoms with Crippen molar-refractivity contribution in [2.75, 3.05) is 0 Å². The van der Waals surface area contributed by atoms with Gasteiger partial charge in [-0.2, -0.15) is 10.5 Å². The lowest BCUT2D eigenvalue weighted by atomic mass is 10.2. The molecule has 22 heavy (non-hydrogen) atoms. The van der Waals surface area contributed by atoms with Crippen molar-refractivity contribution in [3.05, 3.63) is 76.2 Å². The van der Waals surface area contributed by atoms with Crippen molar-refractivity contribution in [3.8, 4) is 5.75 Å². The van der Waals surface area contributed by atoms with Crippen molar-refractivity contribution >= 4 is 17.1 Å². The largest absolute Gasteiger partial charge is 0.503 e. The molecule has 108 valence electrons. The van der Waals surface area contributed by atoms with Crippen molar-refractivity contribution in [2.45, 2.75) is 0 Å². The zero-order valence-electron chi connectivity index (χ0n) is 11.5. The van der Waals surface area contributed by atoms with Crippen LogP contribution in [0.4, 0.5) is 17.1 Å². The Balaban J connectivity index is 1.80. The molecule has 3 rings (SSSR count). The summed E-state index contributed by atoms with van der Waals surface area (Å²) in [4.78, 5) is 11.9. The van der Waals surface area contributed by atoms with Crippen molar-refractivity contribution in [1.29, 1.82) is 0 Å². The van der Waals surface area contributed by atoms with Gasteiger partial charge < -0.3 is 5.11 Å². The number of azo groups is 1. The molecular weight excluding hydrogens is 280 g/mol.